The summed E-state index contributed by atoms with van der Waals surface area (Å²) in [6.07, 6.45) is 5.50. The molecule has 2 aromatic heterocycles. The lowest BCUT2D eigenvalue weighted by Crippen LogP contribution is -2.03. The molecule has 0 saturated heterocycles. The summed E-state index contributed by atoms with van der Waals surface area (Å²) in [6.45, 7) is 4.34. The zero-order valence-electron chi connectivity index (χ0n) is 9.01. The Morgan fingerprint density at radius 3 is 2.73 bits per heavy atom. The number of rotatable bonds is 3. The van der Waals surface area contributed by atoms with Gasteiger partial charge >= 0.3 is 0 Å². The molecule has 0 fully saturated rings. The van der Waals surface area contributed by atoms with Crippen LogP contribution in [0.1, 0.15) is 38.2 Å². The van der Waals surface area contributed by atoms with Crippen LogP contribution in [0.15, 0.2) is 12.5 Å². The van der Waals surface area contributed by atoms with Gasteiger partial charge < -0.3 is 5.73 Å². The average molecular weight is 205 g/mol. The normalized spacial score (nSPS) is 11.4. The third-order valence-corrected chi connectivity index (χ3v) is 2.78. The fourth-order valence-corrected chi connectivity index (χ4v) is 1.87. The summed E-state index contributed by atoms with van der Waals surface area (Å²) in [5, 5.41) is 4.20. The van der Waals surface area contributed by atoms with Gasteiger partial charge in [0.05, 0.1) is 6.20 Å². The monoisotopic (exact) mass is 205 g/mol. The molecule has 0 aliphatic carbocycles. The highest BCUT2D eigenvalue weighted by Gasteiger charge is 2.14. The molecule has 0 saturated carbocycles. The average Bonchev–Trinajstić information content (AvgIpc) is 2.66. The van der Waals surface area contributed by atoms with E-state index in [1.54, 1.807) is 4.52 Å². The van der Waals surface area contributed by atoms with Gasteiger partial charge in [-0.05, 0) is 18.8 Å². The molecule has 0 amide bonds. The first-order valence-corrected chi connectivity index (χ1v) is 5.22. The van der Waals surface area contributed by atoms with Gasteiger partial charge in [0.2, 0.25) is 5.95 Å². The van der Waals surface area contributed by atoms with Crippen molar-refractivity contribution in [3.63, 3.8) is 0 Å². The molecule has 0 spiro atoms. The van der Waals surface area contributed by atoms with Crippen molar-refractivity contribution >= 4 is 11.6 Å². The molecular weight excluding hydrogens is 190 g/mol. The predicted octanol–water partition coefficient (Wildman–Crippen LogP) is 1.61. The first kappa shape index (κ1) is 9.89. The second-order valence-electron chi connectivity index (χ2n) is 3.58. The molecule has 2 rings (SSSR count). The lowest BCUT2D eigenvalue weighted by Gasteiger charge is -2.09. The highest BCUT2D eigenvalue weighted by molar-refractivity contribution is 5.50. The van der Waals surface area contributed by atoms with Gasteiger partial charge in [0.25, 0.3) is 0 Å². The topological polar surface area (TPSA) is 69.1 Å². The Hall–Kier alpha value is -1.65. The molecule has 0 radical (unpaired) electrons. The summed E-state index contributed by atoms with van der Waals surface area (Å²) < 4.78 is 1.59. The van der Waals surface area contributed by atoms with Gasteiger partial charge in [-0.25, -0.2) is 9.97 Å². The minimum Gasteiger partial charge on any atom is -0.368 e. The van der Waals surface area contributed by atoms with E-state index < -0.39 is 0 Å². The van der Waals surface area contributed by atoms with Crippen molar-refractivity contribution in [1.82, 2.24) is 19.6 Å². The number of anilines is 1. The number of nitrogens with two attached hydrogens (primary N) is 1. The molecule has 5 heteroatoms. The van der Waals surface area contributed by atoms with Gasteiger partial charge in [0.15, 0.2) is 5.65 Å². The first-order valence-electron chi connectivity index (χ1n) is 5.22. The Labute approximate surface area is 88.3 Å². The molecule has 0 unspecified atom stereocenters. The molecule has 0 aliphatic heterocycles. The number of aromatic nitrogens is 4. The van der Waals surface area contributed by atoms with Gasteiger partial charge in [-0.2, -0.15) is 9.61 Å². The maximum absolute atomic E-state index is 5.70. The van der Waals surface area contributed by atoms with Crippen LogP contribution in [0, 0.1) is 0 Å². The summed E-state index contributed by atoms with van der Waals surface area (Å²) in [5.41, 5.74) is 7.69. The van der Waals surface area contributed by atoms with E-state index in [1.165, 1.54) is 6.33 Å². The number of hydrogen-bond acceptors (Lipinski definition) is 4. The van der Waals surface area contributed by atoms with E-state index >= 15 is 0 Å². The van der Waals surface area contributed by atoms with Crippen molar-refractivity contribution in [3.8, 4) is 0 Å². The maximum atomic E-state index is 5.70. The molecule has 0 bridgehead atoms. The summed E-state index contributed by atoms with van der Waals surface area (Å²) in [6, 6.07) is 0. The minimum absolute atomic E-state index is 0.386. The molecule has 80 valence electrons. The first-order chi connectivity index (χ1) is 7.27. The van der Waals surface area contributed by atoms with Gasteiger partial charge in [-0.1, -0.05) is 13.8 Å². The number of nitrogens with zero attached hydrogens (tertiary/aromatic N) is 4. The van der Waals surface area contributed by atoms with Crippen LogP contribution in [0.3, 0.4) is 0 Å². The summed E-state index contributed by atoms with van der Waals surface area (Å²) >= 11 is 0. The second-order valence-corrected chi connectivity index (χ2v) is 3.58. The van der Waals surface area contributed by atoms with Crippen molar-refractivity contribution in [2.24, 2.45) is 0 Å². The predicted molar refractivity (Wildman–Crippen MR) is 58.5 cm³/mol. The van der Waals surface area contributed by atoms with Gasteiger partial charge in [0, 0.05) is 5.56 Å². The van der Waals surface area contributed by atoms with Crippen LogP contribution in [0.25, 0.3) is 5.65 Å². The quantitative estimate of drug-likeness (QED) is 0.826. The highest BCUT2D eigenvalue weighted by Crippen LogP contribution is 2.25. The number of nitrogen functional groups attached to an aromatic ring is 1. The zero-order valence-corrected chi connectivity index (χ0v) is 9.01. The molecule has 2 heterocycles. The van der Waals surface area contributed by atoms with Crippen molar-refractivity contribution in [2.75, 3.05) is 5.73 Å². The van der Waals surface area contributed by atoms with Crippen LogP contribution in [0.2, 0.25) is 0 Å². The Morgan fingerprint density at radius 1 is 1.33 bits per heavy atom. The van der Waals surface area contributed by atoms with E-state index in [0.717, 1.165) is 24.1 Å². The van der Waals surface area contributed by atoms with Crippen molar-refractivity contribution in [1.29, 1.82) is 0 Å². The standard InChI is InChI=1S/C10H15N5/c1-3-7(4-2)8-5-14-15-9(8)12-6-13-10(15)11/h5-7H,3-4H2,1-2H3,(H2,11,12,13). The van der Waals surface area contributed by atoms with Crippen LogP contribution >= 0.6 is 0 Å². The smallest absolute Gasteiger partial charge is 0.224 e. The zero-order chi connectivity index (χ0) is 10.8. The Balaban J connectivity index is 2.58. The molecular formula is C10H15N5. The van der Waals surface area contributed by atoms with Crippen LogP contribution in [-0.2, 0) is 0 Å². The molecule has 0 aromatic carbocycles. The lowest BCUT2D eigenvalue weighted by atomic mass is 9.96. The van der Waals surface area contributed by atoms with Crippen molar-refractivity contribution < 1.29 is 0 Å². The molecule has 0 atom stereocenters. The van der Waals surface area contributed by atoms with E-state index in [9.17, 15) is 0 Å². The maximum Gasteiger partial charge on any atom is 0.224 e. The van der Waals surface area contributed by atoms with Crippen LogP contribution < -0.4 is 5.73 Å². The Morgan fingerprint density at radius 2 is 2.07 bits per heavy atom. The number of hydrogen-bond donors (Lipinski definition) is 1. The van der Waals surface area contributed by atoms with Crippen molar-refractivity contribution in [3.05, 3.63) is 18.1 Å². The van der Waals surface area contributed by atoms with Gasteiger partial charge in [-0.3, -0.25) is 0 Å². The minimum atomic E-state index is 0.386. The number of fused-ring (bicyclic) bond motifs is 1. The van der Waals surface area contributed by atoms with E-state index in [1.807, 2.05) is 6.20 Å². The fraction of sp³-hybridized carbons (Fsp3) is 0.500. The summed E-state index contributed by atoms with van der Waals surface area (Å²) in [4.78, 5) is 8.13. The van der Waals surface area contributed by atoms with E-state index in [2.05, 4.69) is 28.9 Å². The van der Waals surface area contributed by atoms with E-state index in [4.69, 9.17) is 5.73 Å². The lowest BCUT2D eigenvalue weighted by molar-refractivity contribution is 0.645. The fourth-order valence-electron chi connectivity index (χ4n) is 1.87. The summed E-state index contributed by atoms with van der Waals surface area (Å²) in [7, 11) is 0. The van der Waals surface area contributed by atoms with Crippen molar-refractivity contribution in [2.45, 2.75) is 32.6 Å². The third kappa shape index (κ3) is 1.54. The molecule has 2 aromatic rings. The van der Waals surface area contributed by atoms with Gasteiger partial charge in [-0.15, -0.1) is 0 Å². The highest BCUT2D eigenvalue weighted by atomic mass is 15.3. The summed E-state index contributed by atoms with van der Waals surface area (Å²) in [5.74, 6) is 0.883. The molecule has 2 N–H and O–H groups in total. The van der Waals surface area contributed by atoms with Crippen LogP contribution in [-0.4, -0.2) is 19.6 Å². The van der Waals surface area contributed by atoms with Crippen LogP contribution in [0.5, 0.6) is 0 Å². The molecule has 5 nitrogen and oxygen atoms in total. The third-order valence-electron chi connectivity index (χ3n) is 2.78. The van der Waals surface area contributed by atoms with Crippen LogP contribution in [0.4, 0.5) is 5.95 Å². The molecule has 15 heavy (non-hydrogen) atoms. The Kier molecular flexibility index (Phi) is 2.53. The Bertz CT molecular complexity index is 458. The SMILES string of the molecule is CCC(CC)c1cnn2c(N)ncnc12. The second kappa shape index (κ2) is 3.84. The largest absolute Gasteiger partial charge is 0.368 e. The molecule has 0 aliphatic rings. The van der Waals surface area contributed by atoms with Gasteiger partial charge in [0.1, 0.15) is 6.33 Å². The van der Waals surface area contributed by atoms with E-state index in [-0.39, 0.29) is 0 Å². The van der Waals surface area contributed by atoms with E-state index in [0.29, 0.717) is 11.9 Å².